The summed E-state index contributed by atoms with van der Waals surface area (Å²) >= 11 is 0. The predicted molar refractivity (Wildman–Crippen MR) is 76.3 cm³/mol. The fraction of sp³-hybridized carbons (Fsp3) is 0.467. The quantitative estimate of drug-likeness (QED) is 0.853. The van der Waals surface area contributed by atoms with E-state index in [0.717, 1.165) is 36.5 Å². The molecule has 2 aliphatic rings. The van der Waals surface area contributed by atoms with Crippen molar-refractivity contribution in [2.75, 3.05) is 19.6 Å². The van der Waals surface area contributed by atoms with E-state index in [0.29, 0.717) is 18.4 Å². The molecule has 2 saturated heterocycles. The molecular formula is C15H18N4O. The number of amides is 1. The van der Waals surface area contributed by atoms with E-state index < -0.39 is 0 Å². The zero-order valence-corrected chi connectivity index (χ0v) is 11.3. The van der Waals surface area contributed by atoms with Gasteiger partial charge >= 0.3 is 0 Å². The molecule has 1 aromatic heterocycles. The van der Waals surface area contributed by atoms with Gasteiger partial charge < -0.3 is 15.2 Å². The number of para-hydroxylation sites is 2. The Morgan fingerprint density at radius 1 is 1.35 bits per heavy atom. The molecular weight excluding hydrogens is 252 g/mol. The molecule has 104 valence electrons. The van der Waals surface area contributed by atoms with Gasteiger partial charge in [-0.1, -0.05) is 12.1 Å². The minimum Gasteiger partial charge on any atom is -0.342 e. The Morgan fingerprint density at radius 2 is 2.25 bits per heavy atom. The molecule has 0 spiro atoms. The van der Waals surface area contributed by atoms with Crippen LogP contribution in [-0.2, 0) is 11.2 Å². The molecule has 1 amide bonds. The monoisotopic (exact) mass is 270 g/mol. The molecule has 0 bridgehead atoms. The summed E-state index contributed by atoms with van der Waals surface area (Å²) in [6, 6.07) is 8.39. The predicted octanol–water partition coefficient (Wildman–Crippen LogP) is 0.926. The first-order valence-corrected chi connectivity index (χ1v) is 7.24. The van der Waals surface area contributed by atoms with Crippen LogP contribution in [-0.4, -0.2) is 46.5 Å². The molecule has 2 fully saturated rings. The summed E-state index contributed by atoms with van der Waals surface area (Å²) in [5, 5.41) is 3.47. The van der Waals surface area contributed by atoms with Crippen molar-refractivity contribution >= 4 is 16.9 Å². The largest absolute Gasteiger partial charge is 0.342 e. The van der Waals surface area contributed by atoms with Gasteiger partial charge in [-0.05, 0) is 31.0 Å². The van der Waals surface area contributed by atoms with Crippen LogP contribution < -0.4 is 5.32 Å². The molecule has 0 unspecified atom stereocenters. The number of carbonyl (C=O) groups excluding carboxylic acids is 1. The molecule has 2 aromatic rings. The Labute approximate surface area is 117 Å². The number of nitrogens with one attached hydrogen (secondary N) is 2. The molecule has 0 radical (unpaired) electrons. The third-order valence-corrected chi connectivity index (χ3v) is 4.47. The summed E-state index contributed by atoms with van der Waals surface area (Å²) in [6.45, 7) is 2.85. The maximum Gasteiger partial charge on any atom is 0.230 e. The van der Waals surface area contributed by atoms with Gasteiger partial charge in [-0.2, -0.15) is 0 Å². The number of aromatic nitrogens is 2. The van der Waals surface area contributed by atoms with Crippen LogP contribution in [0.2, 0.25) is 0 Å². The van der Waals surface area contributed by atoms with Crippen LogP contribution in [0.15, 0.2) is 24.3 Å². The average Bonchev–Trinajstić information content (AvgIpc) is 3.11. The zero-order chi connectivity index (χ0) is 13.5. The van der Waals surface area contributed by atoms with E-state index in [2.05, 4.69) is 15.3 Å². The minimum absolute atomic E-state index is 0.181. The molecule has 0 aliphatic carbocycles. The van der Waals surface area contributed by atoms with Gasteiger partial charge in [0.2, 0.25) is 5.91 Å². The molecule has 2 aliphatic heterocycles. The maximum absolute atomic E-state index is 12.4. The van der Waals surface area contributed by atoms with Crippen molar-refractivity contribution < 1.29 is 4.79 Å². The number of likely N-dealkylation sites (tertiary alicyclic amines) is 1. The van der Waals surface area contributed by atoms with Gasteiger partial charge in [0.25, 0.3) is 0 Å². The highest BCUT2D eigenvalue weighted by Gasteiger charge is 2.37. The van der Waals surface area contributed by atoms with Crippen molar-refractivity contribution in [3.8, 4) is 0 Å². The lowest BCUT2D eigenvalue weighted by Gasteiger charge is -2.16. The number of aromatic amines is 1. The average molecular weight is 270 g/mol. The first-order valence-electron chi connectivity index (χ1n) is 7.24. The van der Waals surface area contributed by atoms with Crippen LogP contribution in [0.25, 0.3) is 11.0 Å². The topological polar surface area (TPSA) is 61.0 Å². The Morgan fingerprint density at radius 3 is 3.10 bits per heavy atom. The van der Waals surface area contributed by atoms with E-state index in [1.807, 2.05) is 29.2 Å². The van der Waals surface area contributed by atoms with Gasteiger partial charge in [0.05, 0.1) is 17.5 Å². The molecule has 1 aromatic carbocycles. The number of benzene rings is 1. The third-order valence-electron chi connectivity index (χ3n) is 4.47. The lowest BCUT2D eigenvalue weighted by Crippen LogP contribution is -2.34. The van der Waals surface area contributed by atoms with Crippen LogP contribution in [0.5, 0.6) is 0 Å². The van der Waals surface area contributed by atoms with Gasteiger partial charge in [0.15, 0.2) is 0 Å². The van der Waals surface area contributed by atoms with E-state index in [9.17, 15) is 4.79 Å². The number of H-pyrrole nitrogens is 1. The first kappa shape index (κ1) is 11.9. The van der Waals surface area contributed by atoms with Gasteiger partial charge in [0.1, 0.15) is 5.82 Å². The van der Waals surface area contributed by atoms with Crippen molar-refractivity contribution in [2.24, 2.45) is 5.92 Å². The summed E-state index contributed by atoms with van der Waals surface area (Å²) in [6.07, 6.45) is 1.56. The smallest absolute Gasteiger partial charge is 0.230 e. The number of imidazole rings is 1. The number of hydrogen-bond acceptors (Lipinski definition) is 3. The van der Waals surface area contributed by atoms with Crippen LogP contribution in [0.3, 0.4) is 0 Å². The highest BCUT2D eigenvalue weighted by Crippen LogP contribution is 2.25. The second kappa shape index (κ2) is 4.59. The summed E-state index contributed by atoms with van der Waals surface area (Å²) in [5.74, 6) is 1.59. The van der Waals surface area contributed by atoms with E-state index in [4.69, 9.17) is 0 Å². The van der Waals surface area contributed by atoms with Crippen molar-refractivity contribution in [3.05, 3.63) is 30.1 Å². The molecule has 5 heteroatoms. The lowest BCUT2D eigenvalue weighted by atomic mass is 10.1. The number of hydrogen-bond donors (Lipinski definition) is 2. The SMILES string of the molecule is O=C(Cc1nc2ccccc2[nH]1)N1C[C@H]2CCN[C@H]2C1. The Balaban J connectivity index is 1.47. The van der Waals surface area contributed by atoms with Crippen molar-refractivity contribution in [1.29, 1.82) is 0 Å². The van der Waals surface area contributed by atoms with Crippen LogP contribution in [0.1, 0.15) is 12.2 Å². The Hall–Kier alpha value is -1.88. The summed E-state index contributed by atoms with van der Waals surface area (Å²) in [5.41, 5.74) is 1.92. The second-order valence-corrected chi connectivity index (χ2v) is 5.79. The molecule has 20 heavy (non-hydrogen) atoms. The minimum atomic E-state index is 0.181. The molecule has 0 saturated carbocycles. The number of carbonyl (C=O) groups is 1. The standard InChI is InChI=1S/C15H18N4O/c20-15(19-8-10-5-6-16-13(10)9-19)7-14-17-11-3-1-2-4-12(11)18-14/h1-4,10,13,16H,5-9H2,(H,17,18)/t10-,13+/m1/s1. The van der Waals surface area contributed by atoms with Crippen LogP contribution >= 0.6 is 0 Å². The van der Waals surface area contributed by atoms with Crippen molar-refractivity contribution in [3.63, 3.8) is 0 Å². The number of fused-ring (bicyclic) bond motifs is 2. The zero-order valence-electron chi connectivity index (χ0n) is 11.3. The summed E-state index contributed by atoms with van der Waals surface area (Å²) in [4.78, 5) is 22.0. The number of nitrogens with zero attached hydrogens (tertiary/aromatic N) is 2. The fourth-order valence-electron chi connectivity index (χ4n) is 3.40. The maximum atomic E-state index is 12.4. The summed E-state index contributed by atoms with van der Waals surface area (Å²) < 4.78 is 0. The van der Waals surface area contributed by atoms with Crippen LogP contribution in [0.4, 0.5) is 0 Å². The van der Waals surface area contributed by atoms with Gasteiger partial charge in [-0.15, -0.1) is 0 Å². The molecule has 2 N–H and O–H groups in total. The van der Waals surface area contributed by atoms with Gasteiger partial charge in [-0.3, -0.25) is 4.79 Å². The molecule has 3 heterocycles. The number of rotatable bonds is 2. The molecule has 2 atom stereocenters. The Kier molecular flexibility index (Phi) is 2.73. The normalized spacial score (nSPS) is 25.3. The Bertz CT molecular complexity index is 605. The van der Waals surface area contributed by atoms with Crippen molar-refractivity contribution in [1.82, 2.24) is 20.2 Å². The van der Waals surface area contributed by atoms with Crippen molar-refractivity contribution in [2.45, 2.75) is 18.9 Å². The fourth-order valence-corrected chi connectivity index (χ4v) is 3.40. The van der Waals surface area contributed by atoms with E-state index in [-0.39, 0.29) is 5.91 Å². The highest BCUT2D eigenvalue weighted by molar-refractivity contribution is 5.81. The first-order chi connectivity index (χ1) is 9.79. The molecule has 5 nitrogen and oxygen atoms in total. The van der Waals surface area contributed by atoms with Gasteiger partial charge in [-0.25, -0.2) is 4.98 Å². The van der Waals surface area contributed by atoms with E-state index in [1.54, 1.807) is 0 Å². The van der Waals surface area contributed by atoms with Gasteiger partial charge in [0, 0.05) is 19.1 Å². The summed E-state index contributed by atoms with van der Waals surface area (Å²) in [7, 11) is 0. The van der Waals surface area contributed by atoms with E-state index in [1.165, 1.54) is 6.42 Å². The third kappa shape index (κ3) is 1.98. The lowest BCUT2D eigenvalue weighted by molar-refractivity contribution is -0.129. The van der Waals surface area contributed by atoms with Crippen LogP contribution in [0, 0.1) is 5.92 Å². The highest BCUT2D eigenvalue weighted by atomic mass is 16.2. The van der Waals surface area contributed by atoms with E-state index >= 15 is 0 Å². The second-order valence-electron chi connectivity index (χ2n) is 5.79. The molecule has 4 rings (SSSR count).